The number of hydrogen-bond donors (Lipinski definition) is 0. The molecule has 4 nitrogen and oxygen atoms in total. The molecule has 0 radical (unpaired) electrons. The molecular formula is C7H16O4. The zero-order valence-electron chi connectivity index (χ0n) is 7.17. The predicted molar refractivity (Wildman–Crippen MR) is 40.0 cm³/mol. The van der Waals surface area contributed by atoms with Gasteiger partial charge in [0.25, 0.3) is 0 Å². The van der Waals surface area contributed by atoms with Crippen LogP contribution in [0.3, 0.4) is 0 Å². The van der Waals surface area contributed by atoms with E-state index in [1.807, 2.05) is 13.8 Å². The van der Waals surface area contributed by atoms with Gasteiger partial charge in [0.1, 0.15) is 0 Å². The molecule has 0 amide bonds. The van der Waals surface area contributed by atoms with Crippen LogP contribution in [0.15, 0.2) is 0 Å². The van der Waals surface area contributed by atoms with Crippen LogP contribution in [-0.2, 0) is 18.9 Å². The van der Waals surface area contributed by atoms with Crippen molar-refractivity contribution in [3.05, 3.63) is 0 Å². The van der Waals surface area contributed by atoms with Crippen LogP contribution in [-0.4, -0.2) is 33.6 Å². The van der Waals surface area contributed by atoms with Crippen molar-refractivity contribution in [2.45, 2.75) is 13.8 Å². The minimum atomic E-state index is 0.375. The molecule has 1 aliphatic heterocycles. The summed E-state index contributed by atoms with van der Waals surface area (Å²) in [6.07, 6.45) is 0. The van der Waals surface area contributed by atoms with Crippen molar-refractivity contribution in [2.24, 2.45) is 0 Å². The molecule has 0 bridgehead atoms. The smallest absolute Gasteiger partial charge is 0.152 e. The van der Waals surface area contributed by atoms with Crippen LogP contribution in [0.1, 0.15) is 13.8 Å². The predicted octanol–water partition coefficient (Wildman–Crippen LogP) is 0.965. The van der Waals surface area contributed by atoms with Crippen LogP contribution < -0.4 is 0 Å². The first-order valence-electron chi connectivity index (χ1n) is 3.72. The first kappa shape index (κ1) is 10.8. The van der Waals surface area contributed by atoms with E-state index < -0.39 is 0 Å². The van der Waals surface area contributed by atoms with Crippen molar-refractivity contribution in [3.8, 4) is 0 Å². The van der Waals surface area contributed by atoms with E-state index in [4.69, 9.17) is 4.74 Å². The maximum Gasteiger partial charge on any atom is 0.152 e. The van der Waals surface area contributed by atoms with Gasteiger partial charge in [-0.25, -0.2) is 0 Å². The van der Waals surface area contributed by atoms with E-state index >= 15 is 0 Å². The maximum absolute atomic E-state index is 4.83. The molecular weight excluding hydrogens is 148 g/mol. The van der Waals surface area contributed by atoms with Gasteiger partial charge in [0.05, 0.1) is 0 Å². The zero-order valence-corrected chi connectivity index (χ0v) is 7.17. The van der Waals surface area contributed by atoms with Gasteiger partial charge < -0.3 is 18.9 Å². The molecule has 11 heavy (non-hydrogen) atoms. The average Bonchev–Trinajstić information content (AvgIpc) is 2.10. The molecule has 0 aliphatic carbocycles. The van der Waals surface area contributed by atoms with Gasteiger partial charge in [-0.2, -0.15) is 0 Å². The second-order valence-electron chi connectivity index (χ2n) is 1.75. The van der Waals surface area contributed by atoms with Crippen LogP contribution in [0.2, 0.25) is 0 Å². The third-order valence-electron chi connectivity index (χ3n) is 0.908. The van der Waals surface area contributed by atoms with Gasteiger partial charge in [0, 0.05) is 13.2 Å². The van der Waals surface area contributed by atoms with Gasteiger partial charge in [0.2, 0.25) is 0 Å². The third kappa shape index (κ3) is 9.84. The van der Waals surface area contributed by atoms with Gasteiger partial charge in [-0.3, -0.25) is 0 Å². The maximum atomic E-state index is 4.83. The quantitative estimate of drug-likeness (QED) is 0.609. The summed E-state index contributed by atoms with van der Waals surface area (Å²) in [5.74, 6) is 0. The van der Waals surface area contributed by atoms with E-state index in [2.05, 4.69) is 14.2 Å². The summed E-state index contributed by atoms with van der Waals surface area (Å²) in [4.78, 5) is 0. The highest BCUT2D eigenvalue weighted by molar-refractivity contribution is 4.09. The Morgan fingerprint density at radius 2 is 1.27 bits per heavy atom. The molecule has 4 heteroatoms. The highest BCUT2D eigenvalue weighted by Crippen LogP contribution is 1.87. The summed E-state index contributed by atoms with van der Waals surface area (Å²) >= 11 is 0. The summed E-state index contributed by atoms with van der Waals surface area (Å²) < 4.78 is 18.7. The highest BCUT2D eigenvalue weighted by atomic mass is 16.8. The van der Waals surface area contributed by atoms with Crippen molar-refractivity contribution < 1.29 is 18.9 Å². The standard InChI is InChI=1S/C4H10O.C3H6O3/c1-3-5-4-2;1-4-2-6-3-5-1/h3-4H2,1-2H3;1-3H2. The SMILES string of the molecule is C1OCOCO1.CCOCC. The fourth-order valence-electron chi connectivity index (χ4n) is 0.483. The van der Waals surface area contributed by atoms with Crippen LogP contribution in [0, 0.1) is 0 Å². The molecule has 1 heterocycles. The van der Waals surface area contributed by atoms with Crippen LogP contribution in [0.25, 0.3) is 0 Å². The lowest BCUT2D eigenvalue weighted by Crippen LogP contribution is -2.14. The Kier molecular flexibility index (Phi) is 9.70. The molecule has 1 saturated heterocycles. The average molecular weight is 164 g/mol. The Labute approximate surface area is 67.4 Å². The Hall–Kier alpha value is -0.160. The van der Waals surface area contributed by atoms with Crippen molar-refractivity contribution in [3.63, 3.8) is 0 Å². The lowest BCUT2D eigenvalue weighted by atomic mass is 10.8. The Morgan fingerprint density at radius 1 is 0.909 bits per heavy atom. The fourth-order valence-corrected chi connectivity index (χ4v) is 0.483. The third-order valence-corrected chi connectivity index (χ3v) is 0.908. The van der Waals surface area contributed by atoms with Crippen molar-refractivity contribution in [1.29, 1.82) is 0 Å². The van der Waals surface area contributed by atoms with E-state index in [1.165, 1.54) is 0 Å². The van der Waals surface area contributed by atoms with E-state index in [0.717, 1.165) is 13.2 Å². The molecule has 0 spiro atoms. The molecule has 1 aliphatic rings. The normalized spacial score (nSPS) is 16.9. The summed E-state index contributed by atoms with van der Waals surface area (Å²) in [6, 6.07) is 0. The van der Waals surface area contributed by atoms with Crippen molar-refractivity contribution in [2.75, 3.05) is 33.6 Å². The molecule has 0 N–H and O–H groups in total. The Balaban J connectivity index is 0.000000187. The van der Waals surface area contributed by atoms with Gasteiger partial charge in [-0.1, -0.05) is 0 Å². The summed E-state index contributed by atoms with van der Waals surface area (Å²) in [7, 11) is 0. The number of rotatable bonds is 2. The van der Waals surface area contributed by atoms with E-state index in [9.17, 15) is 0 Å². The van der Waals surface area contributed by atoms with Crippen LogP contribution in [0.5, 0.6) is 0 Å². The second-order valence-corrected chi connectivity index (χ2v) is 1.75. The number of hydrogen-bond acceptors (Lipinski definition) is 4. The van der Waals surface area contributed by atoms with E-state index in [1.54, 1.807) is 0 Å². The van der Waals surface area contributed by atoms with E-state index in [-0.39, 0.29) is 0 Å². The lowest BCUT2D eigenvalue weighted by molar-refractivity contribution is -0.247. The molecule has 0 aromatic carbocycles. The molecule has 1 fully saturated rings. The second kappa shape index (κ2) is 9.84. The Bertz CT molecular complexity index is 50.0. The fraction of sp³-hybridized carbons (Fsp3) is 1.00. The monoisotopic (exact) mass is 164 g/mol. The van der Waals surface area contributed by atoms with Crippen LogP contribution >= 0.6 is 0 Å². The Morgan fingerprint density at radius 3 is 1.36 bits per heavy atom. The van der Waals surface area contributed by atoms with Gasteiger partial charge in [0.15, 0.2) is 20.4 Å². The minimum absolute atomic E-state index is 0.375. The topological polar surface area (TPSA) is 36.9 Å². The first-order chi connectivity index (χ1) is 5.41. The lowest BCUT2D eigenvalue weighted by Gasteiger charge is -2.10. The largest absolute Gasteiger partial charge is 0.382 e. The van der Waals surface area contributed by atoms with E-state index in [0.29, 0.717) is 20.4 Å². The molecule has 0 atom stereocenters. The summed E-state index contributed by atoms with van der Waals surface area (Å²) in [5, 5.41) is 0. The highest BCUT2D eigenvalue weighted by Gasteiger charge is 1.93. The summed E-state index contributed by atoms with van der Waals surface area (Å²) in [5.41, 5.74) is 0. The minimum Gasteiger partial charge on any atom is -0.382 e. The van der Waals surface area contributed by atoms with Gasteiger partial charge >= 0.3 is 0 Å². The molecule has 0 aromatic rings. The van der Waals surface area contributed by atoms with Crippen LogP contribution in [0.4, 0.5) is 0 Å². The molecule has 0 saturated carbocycles. The van der Waals surface area contributed by atoms with Crippen molar-refractivity contribution in [1.82, 2.24) is 0 Å². The zero-order chi connectivity index (χ0) is 8.36. The molecule has 68 valence electrons. The molecule has 0 unspecified atom stereocenters. The van der Waals surface area contributed by atoms with Gasteiger partial charge in [-0.15, -0.1) is 0 Å². The molecule has 0 aromatic heterocycles. The van der Waals surface area contributed by atoms with Crippen molar-refractivity contribution >= 4 is 0 Å². The first-order valence-corrected chi connectivity index (χ1v) is 3.72. The summed E-state index contributed by atoms with van der Waals surface area (Å²) in [6.45, 7) is 6.79. The molecule has 1 rings (SSSR count). The van der Waals surface area contributed by atoms with Gasteiger partial charge in [-0.05, 0) is 13.8 Å². The number of ether oxygens (including phenoxy) is 4.